The monoisotopic (exact) mass is 267 g/mol. The molecule has 2 aromatic carbocycles. The van der Waals surface area contributed by atoms with Gasteiger partial charge in [-0.2, -0.15) is 0 Å². The minimum Gasteiger partial charge on any atom is -0.375 e. The SMILES string of the molecule is O=C(C[C@]1(O)C(=O)Nc2ccccc21)c1ccccc1. The van der Waals surface area contributed by atoms with Crippen LogP contribution >= 0.6 is 0 Å². The minimum absolute atomic E-state index is 0.264. The van der Waals surface area contributed by atoms with Crippen molar-refractivity contribution >= 4 is 17.4 Å². The number of carbonyl (C=O) groups is 2. The molecule has 0 aromatic heterocycles. The summed E-state index contributed by atoms with van der Waals surface area (Å²) in [6.45, 7) is 0. The normalized spacial score (nSPS) is 20.4. The topological polar surface area (TPSA) is 66.4 Å². The zero-order chi connectivity index (χ0) is 14.2. The fourth-order valence-electron chi connectivity index (χ4n) is 2.43. The molecule has 4 nitrogen and oxygen atoms in total. The molecular formula is C16H13NO3. The van der Waals surface area contributed by atoms with Crippen molar-refractivity contribution in [2.45, 2.75) is 12.0 Å². The second kappa shape index (κ2) is 4.58. The summed E-state index contributed by atoms with van der Waals surface area (Å²) in [6, 6.07) is 15.5. The molecule has 0 saturated carbocycles. The van der Waals surface area contributed by atoms with Crippen molar-refractivity contribution in [3.8, 4) is 0 Å². The fraction of sp³-hybridized carbons (Fsp3) is 0.125. The van der Waals surface area contributed by atoms with Gasteiger partial charge in [0.1, 0.15) is 0 Å². The largest absolute Gasteiger partial charge is 0.375 e. The molecule has 0 spiro atoms. The molecule has 100 valence electrons. The summed E-state index contributed by atoms with van der Waals surface area (Å²) in [7, 11) is 0. The van der Waals surface area contributed by atoms with E-state index in [4.69, 9.17) is 0 Å². The highest BCUT2D eigenvalue weighted by molar-refractivity contribution is 6.09. The summed E-state index contributed by atoms with van der Waals surface area (Å²) in [4.78, 5) is 24.2. The summed E-state index contributed by atoms with van der Waals surface area (Å²) in [5.74, 6) is -0.817. The molecule has 1 heterocycles. The highest BCUT2D eigenvalue weighted by Gasteiger charge is 2.46. The van der Waals surface area contributed by atoms with Gasteiger partial charge in [-0.1, -0.05) is 48.5 Å². The summed E-state index contributed by atoms with van der Waals surface area (Å²) >= 11 is 0. The standard InChI is InChI=1S/C16H13NO3/c18-14(11-6-2-1-3-7-11)10-16(20)12-8-4-5-9-13(12)17-15(16)19/h1-9,20H,10H2,(H,17,19)/t16-/m1/s1. The van der Waals surface area contributed by atoms with Crippen LogP contribution in [0.1, 0.15) is 22.3 Å². The van der Waals surface area contributed by atoms with Gasteiger partial charge in [-0.25, -0.2) is 0 Å². The van der Waals surface area contributed by atoms with E-state index in [1.165, 1.54) is 0 Å². The van der Waals surface area contributed by atoms with Crippen molar-refractivity contribution in [2.75, 3.05) is 5.32 Å². The van der Waals surface area contributed by atoms with Crippen LogP contribution in [0.5, 0.6) is 0 Å². The molecule has 0 radical (unpaired) electrons. The van der Waals surface area contributed by atoms with Gasteiger partial charge >= 0.3 is 0 Å². The molecule has 0 unspecified atom stereocenters. The maximum atomic E-state index is 12.2. The molecule has 1 aliphatic rings. The van der Waals surface area contributed by atoms with Crippen molar-refractivity contribution in [3.05, 3.63) is 65.7 Å². The van der Waals surface area contributed by atoms with Gasteiger partial charge in [0.15, 0.2) is 11.4 Å². The minimum atomic E-state index is -1.79. The predicted molar refractivity (Wildman–Crippen MR) is 74.4 cm³/mol. The molecule has 0 aliphatic carbocycles. The van der Waals surface area contributed by atoms with Crippen molar-refractivity contribution in [1.29, 1.82) is 0 Å². The summed E-state index contributed by atoms with van der Waals surface area (Å²) < 4.78 is 0. The van der Waals surface area contributed by atoms with Crippen LogP contribution in [0.25, 0.3) is 0 Å². The van der Waals surface area contributed by atoms with Gasteiger partial charge in [0.25, 0.3) is 5.91 Å². The first-order valence-corrected chi connectivity index (χ1v) is 6.33. The van der Waals surface area contributed by atoms with Gasteiger partial charge in [-0.15, -0.1) is 0 Å². The van der Waals surface area contributed by atoms with Crippen LogP contribution in [0.3, 0.4) is 0 Å². The smallest absolute Gasteiger partial charge is 0.261 e. The number of ketones is 1. The summed E-state index contributed by atoms with van der Waals surface area (Å²) in [5, 5.41) is 13.2. The van der Waals surface area contributed by atoms with Crippen molar-refractivity contribution in [3.63, 3.8) is 0 Å². The van der Waals surface area contributed by atoms with E-state index in [1.54, 1.807) is 48.5 Å². The maximum Gasteiger partial charge on any atom is 0.261 e. The van der Waals surface area contributed by atoms with Gasteiger partial charge in [0.05, 0.1) is 6.42 Å². The van der Waals surface area contributed by atoms with E-state index < -0.39 is 11.5 Å². The number of benzene rings is 2. The number of Topliss-reactive ketones (excluding diaryl/α,β-unsaturated/α-hetero) is 1. The number of fused-ring (bicyclic) bond motifs is 1. The highest BCUT2D eigenvalue weighted by atomic mass is 16.3. The third-order valence-corrected chi connectivity index (χ3v) is 3.51. The molecule has 0 fully saturated rings. The van der Waals surface area contributed by atoms with E-state index in [2.05, 4.69) is 5.32 Å². The molecule has 2 aromatic rings. The Labute approximate surface area is 116 Å². The number of aliphatic hydroxyl groups is 1. The first-order valence-electron chi connectivity index (χ1n) is 6.33. The second-order valence-corrected chi connectivity index (χ2v) is 4.83. The van der Waals surface area contributed by atoms with Crippen molar-refractivity contribution < 1.29 is 14.7 Å². The number of nitrogens with one attached hydrogen (secondary N) is 1. The van der Waals surface area contributed by atoms with E-state index in [0.717, 1.165) is 0 Å². The molecule has 2 N–H and O–H groups in total. The van der Waals surface area contributed by atoms with Crippen LogP contribution in [0.15, 0.2) is 54.6 Å². The lowest BCUT2D eigenvalue weighted by atomic mass is 9.88. The summed E-state index contributed by atoms with van der Waals surface area (Å²) in [6.07, 6.45) is -0.264. The molecule has 3 rings (SSSR count). The van der Waals surface area contributed by atoms with Crippen LogP contribution in [0.4, 0.5) is 5.69 Å². The van der Waals surface area contributed by atoms with Crippen molar-refractivity contribution in [1.82, 2.24) is 0 Å². The molecule has 4 heteroatoms. The Morgan fingerprint density at radius 3 is 2.45 bits per heavy atom. The Bertz CT molecular complexity index is 681. The Kier molecular flexibility index (Phi) is 2.88. The van der Waals surface area contributed by atoms with Gasteiger partial charge < -0.3 is 10.4 Å². The number of hydrogen-bond donors (Lipinski definition) is 2. The van der Waals surface area contributed by atoms with Crippen LogP contribution in [-0.2, 0) is 10.4 Å². The number of rotatable bonds is 3. The Morgan fingerprint density at radius 1 is 1.05 bits per heavy atom. The van der Waals surface area contributed by atoms with Gasteiger partial charge in [-0.3, -0.25) is 9.59 Å². The lowest BCUT2D eigenvalue weighted by Gasteiger charge is -2.19. The number of carbonyl (C=O) groups excluding carboxylic acids is 2. The number of anilines is 1. The molecule has 1 amide bonds. The van der Waals surface area contributed by atoms with E-state index in [-0.39, 0.29) is 12.2 Å². The molecule has 1 aliphatic heterocycles. The highest BCUT2D eigenvalue weighted by Crippen LogP contribution is 2.38. The van der Waals surface area contributed by atoms with Crippen LogP contribution in [0, 0.1) is 0 Å². The molecule has 1 atom stereocenters. The average molecular weight is 267 g/mol. The number of amides is 1. The second-order valence-electron chi connectivity index (χ2n) is 4.83. The van der Waals surface area contributed by atoms with Gasteiger partial charge in [-0.05, 0) is 6.07 Å². The third kappa shape index (κ3) is 1.90. The molecular weight excluding hydrogens is 254 g/mol. The molecule has 0 saturated heterocycles. The molecule has 0 bridgehead atoms. The van der Waals surface area contributed by atoms with E-state index >= 15 is 0 Å². The van der Waals surface area contributed by atoms with Crippen molar-refractivity contribution in [2.24, 2.45) is 0 Å². The fourth-order valence-corrected chi connectivity index (χ4v) is 2.43. The van der Waals surface area contributed by atoms with Crippen LogP contribution in [-0.4, -0.2) is 16.8 Å². The Morgan fingerprint density at radius 2 is 1.70 bits per heavy atom. The average Bonchev–Trinajstić information content (AvgIpc) is 2.72. The van der Waals surface area contributed by atoms with Crippen LogP contribution < -0.4 is 5.32 Å². The zero-order valence-corrected chi connectivity index (χ0v) is 10.7. The number of hydrogen-bond acceptors (Lipinski definition) is 3. The van der Waals surface area contributed by atoms with Crippen LogP contribution in [0.2, 0.25) is 0 Å². The lowest BCUT2D eigenvalue weighted by Crippen LogP contribution is -2.36. The molecule has 20 heavy (non-hydrogen) atoms. The number of para-hydroxylation sites is 1. The first kappa shape index (κ1) is 12.6. The van der Waals surface area contributed by atoms with Gasteiger partial charge in [0.2, 0.25) is 0 Å². The van der Waals surface area contributed by atoms with Gasteiger partial charge in [0, 0.05) is 16.8 Å². The zero-order valence-electron chi connectivity index (χ0n) is 10.7. The van der Waals surface area contributed by atoms with E-state index in [1.807, 2.05) is 6.07 Å². The first-order chi connectivity index (χ1) is 9.61. The Balaban J connectivity index is 1.94. The van der Waals surface area contributed by atoms with E-state index in [9.17, 15) is 14.7 Å². The third-order valence-electron chi connectivity index (χ3n) is 3.51. The lowest BCUT2D eigenvalue weighted by molar-refractivity contribution is -0.133. The quantitative estimate of drug-likeness (QED) is 0.837. The summed E-state index contributed by atoms with van der Waals surface area (Å²) in [5.41, 5.74) is -0.294. The van der Waals surface area contributed by atoms with E-state index in [0.29, 0.717) is 16.8 Å². The predicted octanol–water partition coefficient (Wildman–Crippen LogP) is 2.10. The maximum absolute atomic E-state index is 12.2. The Hall–Kier alpha value is -2.46.